The van der Waals surface area contributed by atoms with Crippen molar-refractivity contribution < 1.29 is 28.6 Å². The van der Waals surface area contributed by atoms with Crippen LogP contribution in [0.3, 0.4) is 0 Å². The van der Waals surface area contributed by atoms with Crippen molar-refractivity contribution in [2.75, 3.05) is 0 Å². The molecule has 0 spiro atoms. The number of thiazole rings is 1. The van der Waals surface area contributed by atoms with E-state index in [0.29, 0.717) is 13.0 Å². The Morgan fingerprint density at radius 2 is 1.91 bits per heavy atom. The lowest BCUT2D eigenvalue weighted by atomic mass is 9.73. The predicted octanol–water partition coefficient (Wildman–Crippen LogP) is 6.66. The maximum absolute atomic E-state index is 14.1. The Hall–Kier alpha value is -1.43. The largest absolute Gasteiger partial charge is 0.458 e. The highest BCUT2D eigenvalue weighted by Gasteiger charge is 2.53. The summed E-state index contributed by atoms with van der Waals surface area (Å²) in [5.74, 6) is -1.17. The van der Waals surface area contributed by atoms with Gasteiger partial charge in [0.1, 0.15) is 16.9 Å². The van der Waals surface area contributed by atoms with E-state index in [1.165, 1.54) is 11.3 Å². The quantitative estimate of drug-likeness (QED) is 0.209. The minimum atomic E-state index is -2.39. The second-order valence-electron chi connectivity index (χ2n) is 15.2. The molecule has 2 unspecified atom stereocenters. The van der Waals surface area contributed by atoms with E-state index in [0.717, 1.165) is 35.5 Å². The number of carbonyl (C=O) groups is 2. The molecule has 3 rings (SSSR count). The first-order valence-electron chi connectivity index (χ1n) is 15.8. The third kappa shape index (κ3) is 8.64. The molecule has 10 heteroatoms. The summed E-state index contributed by atoms with van der Waals surface area (Å²) in [4.78, 5) is 32.4. The number of nitrogens with zero attached hydrogens (tertiary/aromatic N) is 1. The van der Waals surface area contributed by atoms with E-state index in [1.54, 1.807) is 6.92 Å². The van der Waals surface area contributed by atoms with Gasteiger partial charge in [0, 0.05) is 29.7 Å². The van der Waals surface area contributed by atoms with Crippen LogP contribution >= 0.6 is 11.3 Å². The van der Waals surface area contributed by atoms with E-state index < -0.39 is 43.9 Å². The van der Waals surface area contributed by atoms with Gasteiger partial charge in [0.05, 0.1) is 36.0 Å². The van der Waals surface area contributed by atoms with Crippen molar-refractivity contribution in [1.82, 2.24) is 4.98 Å². The zero-order chi connectivity index (χ0) is 32.5. The van der Waals surface area contributed by atoms with Crippen LogP contribution < -0.4 is 5.73 Å². The maximum atomic E-state index is 14.1. The van der Waals surface area contributed by atoms with E-state index in [1.807, 2.05) is 39.2 Å². The lowest BCUT2D eigenvalue weighted by Crippen LogP contribution is -2.52. The number of carbonyl (C=O) groups excluding carboxylic acids is 2. The second kappa shape index (κ2) is 13.5. The summed E-state index contributed by atoms with van der Waals surface area (Å²) in [6, 6.07) is 0. The first-order chi connectivity index (χ1) is 19.7. The minimum absolute atomic E-state index is 0.0481. The predicted molar refractivity (Wildman–Crippen MR) is 175 cm³/mol. The van der Waals surface area contributed by atoms with Crippen molar-refractivity contribution in [3.05, 3.63) is 21.7 Å². The van der Waals surface area contributed by atoms with Crippen LogP contribution in [-0.2, 0) is 30.0 Å². The van der Waals surface area contributed by atoms with E-state index in [-0.39, 0.29) is 34.9 Å². The molecule has 0 saturated carbocycles. The number of cyclic esters (lactones) is 1. The number of nitrogens with two attached hydrogens (primary N) is 1. The first-order valence-corrected chi connectivity index (χ1v) is 19.6. The molecule has 3 heterocycles. The van der Waals surface area contributed by atoms with E-state index in [4.69, 9.17) is 19.6 Å². The van der Waals surface area contributed by atoms with Crippen molar-refractivity contribution >= 4 is 37.5 Å². The Balaban J connectivity index is 2.00. The molecule has 244 valence electrons. The highest BCUT2D eigenvalue weighted by atomic mass is 32.1. The number of Topliss-reactive ketones (excluding diaryl/α,β-unsaturated/α-hetero) is 1. The number of aliphatic hydroxyl groups is 1. The Morgan fingerprint density at radius 1 is 1.26 bits per heavy atom. The fourth-order valence-electron chi connectivity index (χ4n) is 5.81. The summed E-state index contributed by atoms with van der Waals surface area (Å²) >= 11 is 1.51. The number of esters is 1. The number of ketones is 1. The summed E-state index contributed by atoms with van der Waals surface area (Å²) in [6.45, 7) is 22.6. The number of hydrogen-bond acceptors (Lipinski definition) is 9. The molecule has 0 aromatic carbocycles. The standard InChI is InChI=1S/C33H56N2O6SSi/c1-20-13-12-14-33(9)26(40-33)16-24(21(2)15-23-19-42-27(18-34)35-23)39-28(36)17-25(41-43(10,11)31(4,5)6)32(7,8)30(38)22(3)29(20)37/h15,19-20,22,24-26,29,37H,12-14,16-18,34H2,1-11H3/b21-15+/t20-,22+,24?,25-,26?,29-,33+/m0/s1. The Bertz CT molecular complexity index is 1170. The van der Waals surface area contributed by atoms with Gasteiger partial charge in [-0.1, -0.05) is 54.9 Å². The van der Waals surface area contributed by atoms with Crippen LogP contribution in [0.1, 0.15) is 105 Å². The highest BCUT2D eigenvalue weighted by Crippen LogP contribution is 2.46. The third-order valence-electron chi connectivity index (χ3n) is 10.2. The highest BCUT2D eigenvalue weighted by molar-refractivity contribution is 7.09. The summed E-state index contributed by atoms with van der Waals surface area (Å²) < 4.78 is 19.3. The van der Waals surface area contributed by atoms with E-state index >= 15 is 0 Å². The molecule has 0 bridgehead atoms. The van der Waals surface area contributed by atoms with Crippen LogP contribution in [0.5, 0.6) is 0 Å². The fraction of sp³-hybridized carbons (Fsp3) is 0.788. The fourth-order valence-corrected chi connectivity index (χ4v) is 7.89. The molecule has 2 aliphatic heterocycles. The van der Waals surface area contributed by atoms with Gasteiger partial charge in [-0.3, -0.25) is 9.59 Å². The van der Waals surface area contributed by atoms with Crippen molar-refractivity contribution in [2.24, 2.45) is 23.0 Å². The van der Waals surface area contributed by atoms with Gasteiger partial charge in [-0.15, -0.1) is 11.3 Å². The van der Waals surface area contributed by atoms with Gasteiger partial charge in [-0.25, -0.2) is 4.98 Å². The molecule has 2 fully saturated rings. The van der Waals surface area contributed by atoms with Crippen LogP contribution in [0, 0.1) is 17.3 Å². The van der Waals surface area contributed by atoms with E-state index in [9.17, 15) is 14.7 Å². The SMILES string of the molecule is C/C(=C\c1csc(CN)n1)C1CC2O[C@]2(C)CCC[C@H](C)[C@H](O)[C@@H](C)C(=O)C(C)(C)[C@@H](O[Si](C)(C)C(C)(C)C)CC(=O)O1. The second-order valence-corrected chi connectivity index (χ2v) is 20.9. The van der Waals surface area contributed by atoms with Crippen molar-refractivity contribution in [3.8, 4) is 0 Å². The van der Waals surface area contributed by atoms with Crippen LogP contribution in [0.4, 0.5) is 0 Å². The third-order valence-corrected chi connectivity index (χ3v) is 15.6. The molecule has 1 aromatic heterocycles. The zero-order valence-electron chi connectivity index (χ0n) is 28.3. The molecule has 8 nitrogen and oxygen atoms in total. The molecule has 2 saturated heterocycles. The van der Waals surface area contributed by atoms with Gasteiger partial charge in [-0.2, -0.15) is 0 Å². The van der Waals surface area contributed by atoms with Crippen molar-refractivity contribution in [2.45, 2.75) is 149 Å². The number of fused-ring (bicyclic) bond motifs is 1. The number of aliphatic hydroxyl groups excluding tert-OH is 1. The van der Waals surface area contributed by atoms with E-state index in [2.05, 4.69) is 45.8 Å². The minimum Gasteiger partial charge on any atom is -0.458 e. The van der Waals surface area contributed by atoms with Crippen LogP contribution in [0.15, 0.2) is 11.0 Å². The lowest BCUT2D eigenvalue weighted by Gasteiger charge is -2.44. The van der Waals surface area contributed by atoms with Crippen LogP contribution in [0.25, 0.3) is 6.08 Å². The number of ether oxygens (including phenoxy) is 2. The van der Waals surface area contributed by atoms with Gasteiger partial charge in [0.2, 0.25) is 0 Å². The van der Waals surface area contributed by atoms with Gasteiger partial charge in [-0.05, 0) is 62.4 Å². The molecular weight excluding hydrogens is 581 g/mol. The normalized spacial score (nSPS) is 33.6. The number of aromatic nitrogens is 1. The molecular formula is C33H56N2O6SSi. The van der Waals surface area contributed by atoms with Gasteiger partial charge in [0.15, 0.2) is 8.32 Å². The molecule has 3 N–H and O–H groups in total. The Morgan fingerprint density at radius 3 is 2.49 bits per heavy atom. The average molecular weight is 637 g/mol. The molecule has 2 aliphatic rings. The van der Waals surface area contributed by atoms with Gasteiger partial charge < -0.3 is 24.7 Å². The van der Waals surface area contributed by atoms with Crippen molar-refractivity contribution in [3.63, 3.8) is 0 Å². The van der Waals surface area contributed by atoms with Crippen molar-refractivity contribution in [1.29, 1.82) is 0 Å². The summed E-state index contributed by atoms with van der Waals surface area (Å²) in [7, 11) is -2.39. The molecule has 0 aliphatic carbocycles. The zero-order valence-corrected chi connectivity index (χ0v) is 30.1. The van der Waals surface area contributed by atoms with Crippen LogP contribution in [0.2, 0.25) is 18.1 Å². The smallest absolute Gasteiger partial charge is 0.309 e. The summed E-state index contributed by atoms with van der Waals surface area (Å²) in [5.41, 5.74) is 6.11. The van der Waals surface area contributed by atoms with Crippen LogP contribution in [-0.4, -0.2) is 60.2 Å². The number of epoxide rings is 1. The maximum Gasteiger partial charge on any atom is 0.309 e. The molecule has 43 heavy (non-hydrogen) atoms. The Labute approximate surface area is 264 Å². The lowest BCUT2D eigenvalue weighted by molar-refractivity contribution is -0.154. The van der Waals surface area contributed by atoms with Gasteiger partial charge >= 0.3 is 5.97 Å². The molecule has 1 aromatic rings. The first kappa shape index (κ1) is 36.0. The molecule has 7 atom stereocenters. The monoisotopic (exact) mass is 636 g/mol. The van der Waals surface area contributed by atoms with Gasteiger partial charge in [0.25, 0.3) is 0 Å². The molecule has 0 radical (unpaired) electrons. The topological polar surface area (TPSA) is 124 Å². The average Bonchev–Trinajstić information content (AvgIpc) is 3.31. The Kier molecular flexibility index (Phi) is 11.3. The molecule has 0 amide bonds. The summed E-state index contributed by atoms with van der Waals surface area (Å²) in [6.07, 6.45) is 2.86. The summed E-state index contributed by atoms with van der Waals surface area (Å²) in [5, 5.41) is 13.9. The number of hydrogen-bond donors (Lipinski definition) is 2. The number of rotatable bonds is 5.